The topological polar surface area (TPSA) is 42.8 Å². The average molecular weight is 580 g/mol. The number of ether oxygens (including phenoxy) is 2. The molecule has 2 aliphatic rings. The lowest BCUT2D eigenvalue weighted by Crippen LogP contribution is -2.29. The van der Waals surface area contributed by atoms with Crippen LogP contribution in [-0.4, -0.2) is 13.3 Å². The van der Waals surface area contributed by atoms with Crippen LogP contribution >= 0.6 is 15.9 Å². The molecule has 0 fully saturated rings. The maximum Gasteiger partial charge on any atom is 0.175 e. The lowest BCUT2D eigenvalue weighted by molar-refractivity contribution is 0.282. The average Bonchev–Trinajstić information content (AvgIpc) is 3.46. The summed E-state index contributed by atoms with van der Waals surface area (Å²) in [6, 6.07) is 29.7. The maximum absolute atomic E-state index is 6.06. The first-order valence-corrected chi connectivity index (χ1v) is 14.1. The van der Waals surface area contributed by atoms with E-state index in [9.17, 15) is 0 Å². The van der Waals surface area contributed by atoms with Gasteiger partial charge < -0.3 is 14.8 Å². The minimum absolute atomic E-state index is 0.280. The van der Waals surface area contributed by atoms with Gasteiger partial charge >= 0.3 is 0 Å². The van der Waals surface area contributed by atoms with E-state index in [0.29, 0.717) is 29.9 Å². The summed E-state index contributed by atoms with van der Waals surface area (Å²) in [5.74, 6) is 2.34. The van der Waals surface area contributed by atoms with Crippen molar-refractivity contribution >= 4 is 33.5 Å². The third kappa shape index (κ3) is 5.37. The van der Waals surface area contributed by atoms with Crippen molar-refractivity contribution in [2.24, 2.45) is 10.9 Å². The van der Waals surface area contributed by atoms with Gasteiger partial charge in [-0.2, -0.15) is 0 Å². The number of allylic oxidation sites excluding steroid dienone is 2. The van der Waals surface area contributed by atoms with Crippen LogP contribution in [0.4, 0.5) is 11.4 Å². The van der Waals surface area contributed by atoms with E-state index < -0.39 is 0 Å². The van der Waals surface area contributed by atoms with E-state index in [0.717, 1.165) is 27.7 Å². The Bertz CT molecular complexity index is 1530. The number of fused-ring (bicyclic) bond motifs is 3. The van der Waals surface area contributed by atoms with Crippen LogP contribution in [0.3, 0.4) is 0 Å². The Balaban J connectivity index is 1.17. The third-order valence-corrected chi connectivity index (χ3v) is 8.20. The molecule has 6 rings (SSSR count). The van der Waals surface area contributed by atoms with Crippen molar-refractivity contribution in [3.8, 4) is 11.5 Å². The summed E-state index contributed by atoms with van der Waals surface area (Å²) >= 11 is 3.65. The van der Waals surface area contributed by atoms with E-state index in [-0.39, 0.29) is 6.04 Å². The number of nitrogens with zero attached hydrogens (tertiary/aromatic N) is 1. The van der Waals surface area contributed by atoms with Crippen molar-refractivity contribution in [3.63, 3.8) is 0 Å². The van der Waals surface area contributed by atoms with Gasteiger partial charge in [-0.1, -0.05) is 72.3 Å². The molecular weight excluding hydrogens is 548 g/mol. The third-order valence-electron chi connectivity index (χ3n) is 7.61. The van der Waals surface area contributed by atoms with Crippen LogP contribution in [0, 0.1) is 12.8 Å². The van der Waals surface area contributed by atoms with Gasteiger partial charge in [0.15, 0.2) is 11.5 Å². The molecule has 196 valence electrons. The maximum atomic E-state index is 6.06. The number of nitrogens with one attached hydrogen (secondary N) is 1. The zero-order valence-electron chi connectivity index (χ0n) is 22.1. The Hall–Kier alpha value is -3.83. The predicted octanol–water partition coefficient (Wildman–Crippen LogP) is 8.92. The van der Waals surface area contributed by atoms with Gasteiger partial charge in [0.2, 0.25) is 0 Å². The van der Waals surface area contributed by atoms with Crippen molar-refractivity contribution in [2.45, 2.75) is 31.9 Å². The molecule has 0 aromatic heterocycles. The molecule has 1 heterocycles. The van der Waals surface area contributed by atoms with Crippen LogP contribution in [0.15, 0.2) is 107 Å². The van der Waals surface area contributed by atoms with Crippen LogP contribution in [0.25, 0.3) is 0 Å². The molecule has 0 bridgehead atoms. The van der Waals surface area contributed by atoms with Crippen molar-refractivity contribution in [3.05, 3.63) is 129 Å². The number of rotatable bonds is 7. The molecule has 1 N–H and O–H groups in total. The predicted molar refractivity (Wildman–Crippen MR) is 163 cm³/mol. The number of methoxy groups -OCH3 is 1. The zero-order valence-corrected chi connectivity index (χ0v) is 23.7. The van der Waals surface area contributed by atoms with Crippen LogP contribution in [-0.2, 0) is 6.61 Å². The Morgan fingerprint density at radius 1 is 1.00 bits per heavy atom. The summed E-state index contributed by atoms with van der Waals surface area (Å²) in [4.78, 5) is 4.74. The number of halogens is 1. The first-order chi connectivity index (χ1) is 19.1. The monoisotopic (exact) mass is 578 g/mol. The highest BCUT2D eigenvalue weighted by Gasteiger charge is 2.37. The molecule has 4 nitrogen and oxygen atoms in total. The Morgan fingerprint density at radius 2 is 1.82 bits per heavy atom. The second-order valence-electron chi connectivity index (χ2n) is 10.2. The lowest BCUT2D eigenvalue weighted by Gasteiger charge is -2.37. The molecule has 0 saturated heterocycles. The fourth-order valence-corrected chi connectivity index (χ4v) is 6.22. The number of hydrogen-bond donors (Lipinski definition) is 1. The zero-order chi connectivity index (χ0) is 26.8. The number of aliphatic imine (C=N–C) groups is 1. The van der Waals surface area contributed by atoms with Gasteiger partial charge in [0.1, 0.15) is 6.61 Å². The summed E-state index contributed by atoms with van der Waals surface area (Å²) in [6.45, 7) is 2.64. The number of benzene rings is 4. The Kier molecular flexibility index (Phi) is 7.25. The van der Waals surface area contributed by atoms with E-state index in [4.69, 9.17) is 14.5 Å². The largest absolute Gasteiger partial charge is 0.493 e. The highest BCUT2D eigenvalue weighted by molar-refractivity contribution is 9.10. The molecular formula is C34H31BrN2O2. The summed E-state index contributed by atoms with van der Waals surface area (Å²) in [6.07, 6.45) is 7.68. The highest BCUT2D eigenvalue weighted by Crippen LogP contribution is 2.50. The van der Waals surface area contributed by atoms with Crippen molar-refractivity contribution in [1.82, 2.24) is 0 Å². The fourth-order valence-electron chi connectivity index (χ4n) is 5.64. The van der Waals surface area contributed by atoms with E-state index in [1.54, 1.807) is 7.11 Å². The summed E-state index contributed by atoms with van der Waals surface area (Å²) in [5, 5.41) is 3.82. The van der Waals surface area contributed by atoms with Gasteiger partial charge in [0.05, 0.1) is 23.3 Å². The molecule has 0 saturated carbocycles. The molecule has 39 heavy (non-hydrogen) atoms. The van der Waals surface area contributed by atoms with Crippen LogP contribution in [0.1, 0.15) is 46.2 Å². The van der Waals surface area contributed by atoms with Crippen molar-refractivity contribution in [1.29, 1.82) is 0 Å². The summed E-state index contributed by atoms with van der Waals surface area (Å²) in [5.41, 5.74) is 8.21. The molecule has 4 aromatic carbocycles. The van der Waals surface area contributed by atoms with Gasteiger partial charge in [-0.05, 0) is 87.8 Å². The SMILES string of the molecule is COc1cc(C=Nc2ccc([C@@H]3Nc4ccc(C)cc4[C@@H]4C=CC[C@H]43)cc2)cc(Br)c1OCc1ccccc1. The minimum atomic E-state index is 0.280. The lowest BCUT2D eigenvalue weighted by atomic mass is 9.76. The normalized spacial score (nSPS) is 19.4. The summed E-state index contributed by atoms with van der Waals surface area (Å²) < 4.78 is 12.5. The van der Waals surface area contributed by atoms with Gasteiger partial charge in [-0.3, -0.25) is 4.99 Å². The minimum Gasteiger partial charge on any atom is -0.493 e. The number of anilines is 1. The first-order valence-electron chi connectivity index (χ1n) is 13.3. The number of hydrogen-bond acceptors (Lipinski definition) is 4. The van der Waals surface area contributed by atoms with Crippen molar-refractivity contribution < 1.29 is 9.47 Å². The van der Waals surface area contributed by atoms with Crippen LogP contribution < -0.4 is 14.8 Å². The summed E-state index contributed by atoms with van der Waals surface area (Å²) in [7, 11) is 1.65. The molecule has 3 atom stereocenters. The fraction of sp³-hybridized carbons (Fsp3) is 0.206. The molecule has 4 aromatic rings. The van der Waals surface area contributed by atoms with Gasteiger partial charge in [0, 0.05) is 17.8 Å². The molecule has 5 heteroatoms. The Morgan fingerprint density at radius 3 is 2.62 bits per heavy atom. The molecule has 0 unspecified atom stereocenters. The smallest absolute Gasteiger partial charge is 0.175 e. The van der Waals surface area contributed by atoms with E-state index in [1.165, 1.54) is 22.4 Å². The highest BCUT2D eigenvalue weighted by atomic mass is 79.9. The molecule has 1 aliphatic heterocycles. The van der Waals surface area contributed by atoms with E-state index in [1.807, 2.05) is 48.7 Å². The molecule has 1 aliphatic carbocycles. The van der Waals surface area contributed by atoms with Crippen molar-refractivity contribution in [2.75, 3.05) is 12.4 Å². The van der Waals surface area contributed by atoms with Gasteiger partial charge in [-0.25, -0.2) is 0 Å². The van der Waals surface area contributed by atoms with Crippen LogP contribution in [0.5, 0.6) is 11.5 Å². The van der Waals surface area contributed by atoms with Crippen LogP contribution in [0.2, 0.25) is 0 Å². The standard InChI is InChI=1S/C34H31BrN2O2/c1-22-11-16-31-29(17-22)27-9-6-10-28(27)33(37-31)25-12-14-26(15-13-25)36-20-24-18-30(35)34(32(19-24)38-2)39-21-23-7-4-3-5-8-23/h3-9,11-20,27-28,33,37H,10,21H2,1-2H3/t27-,28-,33+/m1/s1. The quantitative estimate of drug-likeness (QED) is 0.176. The van der Waals surface area contributed by atoms with E-state index in [2.05, 4.69) is 82.8 Å². The van der Waals surface area contributed by atoms with Gasteiger partial charge in [0.25, 0.3) is 0 Å². The van der Waals surface area contributed by atoms with Gasteiger partial charge in [-0.15, -0.1) is 0 Å². The second-order valence-corrected chi connectivity index (χ2v) is 11.1. The van der Waals surface area contributed by atoms with E-state index >= 15 is 0 Å². The number of aryl methyl sites for hydroxylation is 1. The molecule has 0 radical (unpaired) electrons. The Labute approximate surface area is 238 Å². The molecule has 0 amide bonds. The second kappa shape index (κ2) is 11.1. The molecule has 0 spiro atoms. The first kappa shape index (κ1) is 25.4.